The minimum atomic E-state index is -0.223. The van der Waals surface area contributed by atoms with Crippen molar-refractivity contribution < 1.29 is 9.13 Å². The number of allylic oxidation sites excluding steroid dienone is 2. The van der Waals surface area contributed by atoms with Crippen molar-refractivity contribution in [2.75, 3.05) is 4.81 Å². The summed E-state index contributed by atoms with van der Waals surface area (Å²) in [7, 11) is 0. The predicted molar refractivity (Wildman–Crippen MR) is 140 cm³/mol. The van der Waals surface area contributed by atoms with Crippen LogP contribution in [0.2, 0.25) is 0 Å². The van der Waals surface area contributed by atoms with Gasteiger partial charge < -0.3 is 9.55 Å². The maximum Gasteiger partial charge on any atom is 0.320 e. The van der Waals surface area contributed by atoms with Gasteiger partial charge in [-0.1, -0.05) is 66.1 Å². The zero-order chi connectivity index (χ0) is 23.5. The number of halogens is 1. The van der Waals surface area contributed by atoms with Crippen molar-refractivity contribution in [3.05, 3.63) is 138 Å². The average molecular weight is 445 g/mol. The lowest BCUT2D eigenvalue weighted by atomic mass is 9.51. The summed E-state index contributed by atoms with van der Waals surface area (Å²) in [5.74, 6) is 3.48. The fourth-order valence-corrected chi connectivity index (χ4v) is 4.38. The molecule has 0 fully saturated rings. The fraction of sp³-hybridized carbons (Fsp3) is 0.0667. The van der Waals surface area contributed by atoms with Gasteiger partial charge in [-0.05, 0) is 79.5 Å². The Morgan fingerprint density at radius 1 is 0.765 bits per heavy atom. The molecule has 0 spiro atoms. The van der Waals surface area contributed by atoms with E-state index in [4.69, 9.17) is 4.74 Å². The monoisotopic (exact) mass is 445 g/mol. The lowest BCUT2D eigenvalue weighted by Crippen LogP contribution is -2.48. The summed E-state index contributed by atoms with van der Waals surface area (Å²) >= 11 is 0. The van der Waals surface area contributed by atoms with Crippen molar-refractivity contribution >= 4 is 23.7 Å². The second-order valence-electron chi connectivity index (χ2n) is 8.50. The molecule has 1 aliphatic heterocycles. The van der Waals surface area contributed by atoms with E-state index < -0.39 is 0 Å². The Morgan fingerprint density at radius 2 is 1.47 bits per heavy atom. The van der Waals surface area contributed by atoms with Gasteiger partial charge in [0, 0.05) is 16.9 Å². The van der Waals surface area contributed by atoms with Crippen LogP contribution in [0.4, 0.5) is 10.1 Å². The van der Waals surface area contributed by atoms with Crippen LogP contribution < -0.4 is 15.0 Å². The highest BCUT2D eigenvalue weighted by Crippen LogP contribution is 2.34. The van der Waals surface area contributed by atoms with Crippen LogP contribution in [0.25, 0.3) is 5.70 Å². The van der Waals surface area contributed by atoms with Crippen LogP contribution in [0.15, 0.2) is 115 Å². The van der Waals surface area contributed by atoms with Crippen molar-refractivity contribution in [1.82, 2.24) is 0 Å². The summed E-state index contributed by atoms with van der Waals surface area (Å²) in [4.78, 5) is 2.20. The van der Waals surface area contributed by atoms with E-state index in [0.29, 0.717) is 5.56 Å². The number of rotatable bonds is 5. The number of nitrogens with zero attached hydrogens (tertiary/aromatic N) is 1. The van der Waals surface area contributed by atoms with Gasteiger partial charge in [-0.15, -0.1) is 0 Å². The van der Waals surface area contributed by atoms with Crippen molar-refractivity contribution in [2.45, 2.75) is 13.8 Å². The van der Waals surface area contributed by atoms with E-state index in [-0.39, 0.29) is 12.7 Å². The molecular weight excluding hydrogens is 420 g/mol. The predicted octanol–water partition coefficient (Wildman–Crippen LogP) is 7.09. The standard InChI is InChI=1S/C30H25BFNO/c1-22-14-19-27(29(32)21-22)30-13-8-20-31(28-12-7-6-9-23(28)2)33(30)24-15-17-26(18-16-24)34-25-10-4-3-5-11-25/h3-21H,1-2H3. The highest BCUT2D eigenvalue weighted by atomic mass is 19.1. The molecule has 166 valence electrons. The molecule has 5 rings (SSSR count). The Labute approximate surface area is 200 Å². The molecule has 0 amide bonds. The number of benzene rings is 4. The summed E-state index contributed by atoms with van der Waals surface area (Å²) in [6.07, 6.45) is 4.01. The molecule has 0 saturated heterocycles. The Morgan fingerprint density at radius 3 is 2.21 bits per heavy atom. The van der Waals surface area contributed by atoms with Gasteiger partial charge in [-0.2, -0.15) is 0 Å². The van der Waals surface area contributed by atoms with E-state index in [1.807, 2.05) is 91.9 Å². The van der Waals surface area contributed by atoms with E-state index >= 15 is 4.39 Å². The third kappa shape index (κ3) is 4.40. The SMILES string of the molecule is Cc1ccc(C2=CC=CB(c3ccccc3C)N2c2ccc(Oc3ccccc3)cc2)c(F)c1. The molecule has 1 aliphatic rings. The minimum Gasteiger partial charge on any atom is -0.457 e. The smallest absolute Gasteiger partial charge is 0.320 e. The molecule has 0 unspecified atom stereocenters. The number of ether oxygens (including phenoxy) is 1. The number of para-hydroxylation sites is 1. The van der Waals surface area contributed by atoms with Crippen LogP contribution in [0.3, 0.4) is 0 Å². The lowest BCUT2D eigenvalue weighted by molar-refractivity contribution is 0.483. The number of aryl methyl sites for hydroxylation is 2. The first-order valence-electron chi connectivity index (χ1n) is 11.4. The summed E-state index contributed by atoms with van der Waals surface area (Å²) in [6, 6.07) is 31.4. The molecule has 0 aromatic heterocycles. The van der Waals surface area contributed by atoms with Gasteiger partial charge in [0.15, 0.2) is 0 Å². The normalized spacial score (nSPS) is 13.1. The fourth-order valence-electron chi connectivity index (χ4n) is 4.38. The van der Waals surface area contributed by atoms with Crippen molar-refractivity contribution in [1.29, 1.82) is 0 Å². The van der Waals surface area contributed by atoms with Gasteiger partial charge in [-0.25, -0.2) is 4.39 Å². The molecule has 0 aliphatic carbocycles. The van der Waals surface area contributed by atoms with Crippen LogP contribution in [0.5, 0.6) is 11.5 Å². The molecule has 2 nitrogen and oxygen atoms in total. The third-order valence-electron chi connectivity index (χ3n) is 6.09. The van der Waals surface area contributed by atoms with Gasteiger partial charge in [0.25, 0.3) is 0 Å². The zero-order valence-electron chi connectivity index (χ0n) is 19.3. The Hall–Kier alpha value is -4.05. The molecule has 0 atom stereocenters. The minimum absolute atomic E-state index is 0.0669. The molecule has 4 aromatic rings. The second kappa shape index (κ2) is 9.44. The highest BCUT2D eigenvalue weighted by Gasteiger charge is 2.31. The second-order valence-corrected chi connectivity index (χ2v) is 8.50. The van der Waals surface area contributed by atoms with E-state index in [2.05, 4.69) is 35.9 Å². The van der Waals surface area contributed by atoms with E-state index in [1.165, 1.54) is 11.0 Å². The largest absolute Gasteiger partial charge is 0.457 e. The van der Waals surface area contributed by atoms with E-state index in [1.54, 1.807) is 6.07 Å². The van der Waals surface area contributed by atoms with Crippen LogP contribution in [-0.4, -0.2) is 6.85 Å². The Bertz CT molecular complexity index is 1360. The molecule has 0 radical (unpaired) electrons. The zero-order valence-corrected chi connectivity index (χ0v) is 19.3. The third-order valence-corrected chi connectivity index (χ3v) is 6.09. The molecule has 0 N–H and O–H groups in total. The van der Waals surface area contributed by atoms with Gasteiger partial charge in [0.05, 0.1) is 0 Å². The van der Waals surface area contributed by atoms with E-state index in [0.717, 1.165) is 28.4 Å². The molecule has 0 saturated carbocycles. The summed E-state index contributed by atoms with van der Waals surface area (Å²) in [6.45, 7) is 3.95. The average Bonchev–Trinajstić information content (AvgIpc) is 2.85. The van der Waals surface area contributed by atoms with Crippen molar-refractivity contribution in [3.8, 4) is 11.5 Å². The Kier molecular flexibility index (Phi) is 6.05. The van der Waals surface area contributed by atoms with Crippen molar-refractivity contribution in [3.63, 3.8) is 0 Å². The molecule has 4 aromatic carbocycles. The maximum absolute atomic E-state index is 15.1. The van der Waals surface area contributed by atoms with Gasteiger partial charge in [-0.3, -0.25) is 0 Å². The summed E-state index contributed by atoms with van der Waals surface area (Å²) < 4.78 is 21.1. The quantitative estimate of drug-likeness (QED) is 0.304. The Balaban J connectivity index is 1.57. The number of anilines is 1. The first kappa shape index (κ1) is 21.8. The molecular formula is C30H25BFNO. The number of hydrogen-bond acceptors (Lipinski definition) is 2. The van der Waals surface area contributed by atoms with Crippen LogP contribution in [0.1, 0.15) is 16.7 Å². The van der Waals surface area contributed by atoms with Crippen molar-refractivity contribution in [2.24, 2.45) is 0 Å². The maximum atomic E-state index is 15.1. The summed E-state index contributed by atoms with van der Waals surface area (Å²) in [5.41, 5.74) is 5.64. The molecule has 0 bridgehead atoms. The van der Waals surface area contributed by atoms with Gasteiger partial charge >= 0.3 is 6.85 Å². The van der Waals surface area contributed by atoms with Gasteiger partial charge in [0.2, 0.25) is 0 Å². The first-order valence-corrected chi connectivity index (χ1v) is 11.4. The summed E-state index contributed by atoms with van der Waals surface area (Å²) in [5, 5.41) is 0. The number of hydrogen-bond donors (Lipinski definition) is 0. The van der Waals surface area contributed by atoms with Crippen LogP contribution >= 0.6 is 0 Å². The van der Waals surface area contributed by atoms with Crippen LogP contribution in [0, 0.1) is 19.7 Å². The van der Waals surface area contributed by atoms with Gasteiger partial charge in [0.1, 0.15) is 17.3 Å². The highest BCUT2D eigenvalue weighted by molar-refractivity contribution is 6.83. The topological polar surface area (TPSA) is 12.5 Å². The van der Waals surface area contributed by atoms with Crippen LogP contribution in [-0.2, 0) is 0 Å². The lowest BCUT2D eigenvalue weighted by Gasteiger charge is -2.35. The molecule has 4 heteroatoms. The molecule has 1 heterocycles. The van der Waals surface area contributed by atoms with E-state index in [9.17, 15) is 0 Å². The first-order chi connectivity index (χ1) is 16.6. The molecule has 34 heavy (non-hydrogen) atoms.